The summed E-state index contributed by atoms with van der Waals surface area (Å²) in [5.41, 5.74) is 5.84. The lowest BCUT2D eigenvalue weighted by Gasteiger charge is -2.34. The average Bonchev–Trinajstić information content (AvgIpc) is 3.03. The van der Waals surface area contributed by atoms with Gasteiger partial charge in [-0.05, 0) is 65.7 Å². The monoisotopic (exact) mass is 514 g/mol. The summed E-state index contributed by atoms with van der Waals surface area (Å²) in [7, 11) is 0. The number of hydrogen-bond donors (Lipinski definition) is 0. The van der Waals surface area contributed by atoms with Crippen molar-refractivity contribution in [1.82, 2.24) is 0 Å². The summed E-state index contributed by atoms with van der Waals surface area (Å²) >= 11 is 0. The Kier molecular flexibility index (Phi) is 6.35. The second-order valence-corrected chi connectivity index (χ2v) is 10.2. The SMILES string of the molecule is C1=CCC(N(c2ccc(N(c3ccccc3)c3cccc4ccccc34)cc2)c2cccc3ccccc23)C=C1. The van der Waals surface area contributed by atoms with Gasteiger partial charge in [0.15, 0.2) is 0 Å². The second-order valence-electron chi connectivity index (χ2n) is 10.2. The second kappa shape index (κ2) is 10.6. The zero-order chi connectivity index (χ0) is 26.7. The number of nitrogens with zero attached hydrogens (tertiary/aromatic N) is 2. The van der Waals surface area contributed by atoms with E-state index in [4.69, 9.17) is 0 Å². The largest absolute Gasteiger partial charge is 0.334 e. The van der Waals surface area contributed by atoms with Gasteiger partial charge in [0.2, 0.25) is 0 Å². The molecule has 2 nitrogen and oxygen atoms in total. The van der Waals surface area contributed by atoms with Crippen LogP contribution in [0.2, 0.25) is 0 Å². The van der Waals surface area contributed by atoms with E-state index >= 15 is 0 Å². The summed E-state index contributed by atoms with van der Waals surface area (Å²) in [5, 5.41) is 4.98. The minimum absolute atomic E-state index is 0.241. The van der Waals surface area contributed by atoms with E-state index in [9.17, 15) is 0 Å². The summed E-state index contributed by atoms with van der Waals surface area (Å²) in [4.78, 5) is 4.84. The minimum Gasteiger partial charge on any atom is -0.334 e. The molecule has 0 saturated carbocycles. The Morgan fingerprint density at radius 2 is 1.00 bits per heavy atom. The third-order valence-electron chi connectivity index (χ3n) is 7.72. The van der Waals surface area contributed by atoms with Gasteiger partial charge in [0, 0.05) is 33.5 Å². The molecule has 1 aliphatic rings. The molecule has 2 heteroatoms. The third-order valence-corrected chi connectivity index (χ3v) is 7.72. The van der Waals surface area contributed by atoms with Gasteiger partial charge in [-0.1, -0.05) is 115 Å². The van der Waals surface area contributed by atoms with Gasteiger partial charge in [-0.3, -0.25) is 0 Å². The van der Waals surface area contributed by atoms with Gasteiger partial charge in [0.25, 0.3) is 0 Å². The van der Waals surface area contributed by atoms with E-state index in [1.165, 1.54) is 38.6 Å². The molecule has 0 spiro atoms. The third kappa shape index (κ3) is 4.44. The van der Waals surface area contributed by atoms with Gasteiger partial charge in [0.05, 0.1) is 11.7 Å². The fourth-order valence-electron chi connectivity index (χ4n) is 5.86. The first-order chi connectivity index (χ1) is 19.9. The predicted octanol–water partition coefficient (Wildman–Crippen LogP) is 10.5. The lowest BCUT2D eigenvalue weighted by molar-refractivity contribution is 0.787. The molecule has 0 radical (unpaired) electrons. The highest BCUT2D eigenvalue weighted by atomic mass is 15.2. The van der Waals surface area contributed by atoms with Gasteiger partial charge >= 0.3 is 0 Å². The van der Waals surface area contributed by atoms with Crippen LogP contribution in [-0.2, 0) is 0 Å². The molecule has 0 fully saturated rings. The first kappa shape index (κ1) is 24.0. The number of anilines is 5. The van der Waals surface area contributed by atoms with Crippen molar-refractivity contribution in [3.05, 3.63) is 164 Å². The van der Waals surface area contributed by atoms with Crippen LogP contribution in [0.25, 0.3) is 21.5 Å². The van der Waals surface area contributed by atoms with E-state index in [1.54, 1.807) is 0 Å². The lowest BCUT2D eigenvalue weighted by Crippen LogP contribution is -2.30. The van der Waals surface area contributed by atoms with E-state index in [1.807, 2.05) is 0 Å². The Hall–Kier alpha value is -5.08. The van der Waals surface area contributed by atoms with Crippen LogP contribution in [0, 0.1) is 0 Å². The van der Waals surface area contributed by atoms with Crippen LogP contribution in [0.1, 0.15) is 6.42 Å². The zero-order valence-corrected chi connectivity index (χ0v) is 22.3. The highest BCUT2D eigenvalue weighted by molar-refractivity contribution is 5.99. The number of fused-ring (bicyclic) bond motifs is 2. The molecule has 0 amide bonds. The Morgan fingerprint density at radius 3 is 1.68 bits per heavy atom. The number of para-hydroxylation sites is 1. The van der Waals surface area contributed by atoms with Crippen molar-refractivity contribution in [1.29, 1.82) is 0 Å². The summed E-state index contributed by atoms with van der Waals surface area (Å²) < 4.78 is 0. The van der Waals surface area contributed by atoms with Gasteiger partial charge in [0.1, 0.15) is 0 Å². The molecule has 1 aliphatic carbocycles. The average molecular weight is 515 g/mol. The maximum Gasteiger partial charge on any atom is 0.0560 e. The quantitative estimate of drug-likeness (QED) is 0.218. The van der Waals surface area contributed by atoms with Crippen LogP contribution in [0.5, 0.6) is 0 Å². The Labute approximate surface area is 235 Å². The van der Waals surface area contributed by atoms with Crippen LogP contribution < -0.4 is 9.80 Å². The molecule has 1 unspecified atom stereocenters. The normalized spacial score (nSPS) is 14.4. The highest BCUT2D eigenvalue weighted by Gasteiger charge is 2.22. The van der Waals surface area contributed by atoms with E-state index in [0.717, 1.165) is 17.8 Å². The molecule has 0 N–H and O–H groups in total. The van der Waals surface area contributed by atoms with E-state index < -0.39 is 0 Å². The van der Waals surface area contributed by atoms with Gasteiger partial charge < -0.3 is 9.80 Å². The van der Waals surface area contributed by atoms with E-state index in [-0.39, 0.29) is 6.04 Å². The zero-order valence-electron chi connectivity index (χ0n) is 22.3. The van der Waals surface area contributed by atoms with E-state index in [2.05, 4.69) is 174 Å². The standard InChI is InChI=1S/C38H30N2/c1-3-17-31(18-4-1)39(37-23-11-15-29-13-7-9-21-35(29)37)33-25-27-34(28-26-33)40(32-19-5-2-6-20-32)38-24-12-16-30-14-8-10-22-36(30)38/h1-19,21-28,32H,20H2. The van der Waals surface area contributed by atoms with Crippen molar-refractivity contribution in [3.8, 4) is 0 Å². The summed E-state index contributed by atoms with van der Waals surface area (Å²) in [6.07, 6.45) is 9.84. The smallest absolute Gasteiger partial charge is 0.0560 e. The fourth-order valence-corrected chi connectivity index (χ4v) is 5.86. The Morgan fingerprint density at radius 1 is 0.450 bits per heavy atom. The first-order valence-corrected chi connectivity index (χ1v) is 13.9. The molecule has 0 saturated heterocycles. The molecule has 0 heterocycles. The predicted molar refractivity (Wildman–Crippen MR) is 171 cm³/mol. The molecule has 1 atom stereocenters. The topological polar surface area (TPSA) is 6.48 Å². The van der Waals surface area contributed by atoms with Gasteiger partial charge in [-0.2, -0.15) is 0 Å². The number of benzene rings is 6. The van der Waals surface area contributed by atoms with Crippen LogP contribution in [0.15, 0.2) is 164 Å². The molecule has 40 heavy (non-hydrogen) atoms. The molecule has 192 valence electrons. The van der Waals surface area contributed by atoms with Crippen molar-refractivity contribution < 1.29 is 0 Å². The highest BCUT2D eigenvalue weighted by Crippen LogP contribution is 2.41. The van der Waals surface area contributed by atoms with Crippen LogP contribution in [0.3, 0.4) is 0 Å². The molecule has 0 aromatic heterocycles. The molecule has 0 bridgehead atoms. The molecule has 6 aromatic rings. The first-order valence-electron chi connectivity index (χ1n) is 13.9. The van der Waals surface area contributed by atoms with Crippen molar-refractivity contribution >= 4 is 50.0 Å². The summed E-state index contributed by atoms with van der Waals surface area (Å²) in [6.45, 7) is 0. The number of hydrogen-bond acceptors (Lipinski definition) is 2. The molecule has 0 aliphatic heterocycles. The number of allylic oxidation sites excluding steroid dienone is 2. The van der Waals surface area contributed by atoms with Gasteiger partial charge in [-0.15, -0.1) is 0 Å². The minimum atomic E-state index is 0.241. The lowest BCUT2D eigenvalue weighted by atomic mass is 10.0. The molecule has 7 rings (SSSR count). The maximum atomic E-state index is 2.48. The van der Waals surface area contributed by atoms with Crippen molar-refractivity contribution in [3.63, 3.8) is 0 Å². The van der Waals surface area contributed by atoms with Crippen molar-refractivity contribution in [2.75, 3.05) is 9.80 Å². The number of rotatable bonds is 6. The Balaban J connectivity index is 1.36. The van der Waals surface area contributed by atoms with E-state index in [0.29, 0.717) is 0 Å². The fraction of sp³-hybridized carbons (Fsp3) is 0.0526. The van der Waals surface area contributed by atoms with Crippen LogP contribution in [-0.4, -0.2) is 6.04 Å². The molecular weight excluding hydrogens is 484 g/mol. The molecular formula is C38H30N2. The summed E-state index contributed by atoms with van der Waals surface area (Å²) in [5.74, 6) is 0. The Bertz CT molecular complexity index is 1820. The molecule has 6 aromatic carbocycles. The van der Waals surface area contributed by atoms with Crippen molar-refractivity contribution in [2.24, 2.45) is 0 Å². The van der Waals surface area contributed by atoms with Crippen LogP contribution >= 0.6 is 0 Å². The maximum absolute atomic E-state index is 2.48. The van der Waals surface area contributed by atoms with Crippen molar-refractivity contribution in [2.45, 2.75) is 12.5 Å². The summed E-state index contributed by atoms with van der Waals surface area (Å²) in [6, 6.07) is 50.3. The van der Waals surface area contributed by atoms with Gasteiger partial charge in [-0.25, -0.2) is 0 Å². The van der Waals surface area contributed by atoms with Crippen LogP contribution in [0.4, 0.5) is 28.4 Å².